The molecule has 0 aliphatic rings. The fourth-order valence-corrected chi connectivity index (χ4v) is 2.51. The van der Waals surface area contributed by atoms with Gasteiger partial charge in [0.2, 0.25) is 5.91 Å². The second kappa shape index (κ2) is 8.06. The SMILES string of the molecule is CCC(NC(=O)C=Cc1cccnc1)c1ncc(-c2ccccc2)[nH]1. The quantitative estimate of drug-likeness (QED) is 0.675. The molecule has 5 nitrogen and oxygen atoms in total. The van der Waals surface area contributed by atoms with Crippen molar-refractivity contribution in [1.82, 2.24) is 20.3 Å². The zero-order chi connectivity index (χ0) is 17.5. The fraction of sp³-hybridized carbons (Fsp3) is 0.150. The van der Waals surface area contributed by atoms with E-state index in [1.807, 2.05) is 49.4 Å². The number of carbonyl (C=O) groups excluding carboxylic acids is 1. The van der Waals surface area contributed by atoms with E-state index in [9.17, 15) is 4.79 Å². The summed E-state index contributed by atoms with van der Waals surface area (Å²) >= 11 is 0. The molecule has 2 aromatic heterocycles. The first-order chi connectivity index (χ1) is 12.3. The van der Waals surface area contributed by atoms with Crippen molar-refractivity contribution in [2.45, 2.75) is 19.4 Å². The second-order valence-corrected chi connectivity index (χ2v) is 5.64. The third kappa shape index (κ3) is 4.41. The van der Waals surface area contributed by atoms with Gasteiger partial charge < -0.3 is 10.3 Å². The molecule has 1 amide bonds. The van der Waals surface area contributed by atoms with Crippen molar-refractivity contribution < 1.29 is 4.79 Å². The van der Waals surface area contributed by atoms with Gasteiger partial charge in [-0.05, 0) is 29.7 Å². The molecular weight excluding hydrogens is 312 g/mol. The normalized spacial score (nSPS) is 12.2. The van der Waals surface area contributed by atoms with Crippen LogP contribution in [0.2, 0.25) is 0 Å². The van der Waals surface area contributed by atoms with Crippen LogP contribution >= 0.6 is 0 Å². The van der Waals surface area contributed by atoms with E-state index in [0.717, 1.165) is 29.1 Å². The number of pyridine rings is 1. The molecule has 0 spiro atoms. The highest BCUT2D eigenvalue weighted by molar-refractivity contribution is 5.91. The van der Waals surface area contributed by atoms with E-state index in [2.05, 4.69) is 20.3 Å². The summed E-state index contributed by atoms with van der Waals surface area (Å²) in [6.45, 7) is 2.01. The average molecular weight is 332 g/mol. The number of rotatable bonds is 6. The monoisotopic (exact) mass is 332 g/mol. The maximum atomic E-state index is 12.2. The third-order valence-electron chi connectivity index (χ3n) is 3.85. The van der Waals surface area contributed by atoms with Gasteiger partial charge in [-0.25, -0.2) is 4.98 Å². The van der Waals surface area contributed by atoms with Crippen LogP contribution in [0.3, 0.4) is 0 Å². The van der Waals surface area contributed by atoms with Crippen molar-refractivity contribution in [3.8, 4) is 11.3 Å². The minimum atomic E-state index is -0.163. The molecule has 0 fully saturated rings. The minimum Gasteiger partial charge on any atom is -0.343 e. The Bertz CT molecular complexity index is 840. The van der Waals surface area contributed by atoms with E-state index in [4.69, 9.17) is 0 Å². The van der Waals surface area contributed by atoms with Crippen LogP contribution in [-0.4, -0.2) is 20.9 Å². The predicted molar refractivity (Wildman–Crippen MR) is 98.5 cm³/mol. The van der Waals surface area contributed by atoms with Gasteiger partial charge in [0, 0.05) is 18.5 Å². The van der Waals surface area contributed by atoms with Crippen LogP contribution in [0.25, 0.3) is 17.3 Å². The van der Waals surface area contributed by atoms with Crippen molar-refractivity contribution in [2.24, 2.45) is 0 Å². The smallest absolute Gasteiger partial charge is 0.244 e. The second-order valence-electron chi connectivity index (χ2n) is 5.64. The van der Waals surface area contributed by atoms with Crippen molar-refractivity contribution in [3.63, 3.8) is 0 Å². The van der Waals surface area contributed by atoms with Crippen molar-refractivity contribution in [2.75, 3.05) is 0 Å². The number of H-pyrrole nitrogens is 1. The van der Waals surface area contributed by atoms with Gasteiger partial charge in [-0.1, -0.05) is 43.3 Å². The van der Waals surface area contributed by atoms with Crippen LogP contribution in [0, 0.1) is 0 Å². The van der Waals surface area contributed by atoms with Gasteiger partial charge in [-0.2, -0.15) is 0 Å². The summed E-state index contributed by atoms with van der Waals surface area (Å²) in [5, 5.41) is 2.98. The van der Waals surface area contributed by atoms with E-state index in [0.29, 0.717) is 0 Å². The van der Waals surface area contributed by atoms with E-state index >= 15 is 0 Å². The molecule has 0 bridgehead atoms. The van der Waals surface area contributed by atoms with Crippen molar-refractivity contribution in [1.29, 1.82) is 0 Å². The predicted octanol–water partition coefficient (Wildman–Crippen LogP) is 3.75. The Morgan fingerprint density at radius 3 is 2.76 bits per heavy atom. The zero-order valence-corrected chi connectivity index (χ0v) is 14.0. The molecule has 0 radical (unpaired) electrons. The summed E-state index contributed by atoms with van der Waals surface area (Å²) in [4.78, 5) is 23.9. The number of nitrogens with one attached hydrogen (secondary N) is 2. The van der Waals surface area contributed by atoms with Crippen LogP contribution in [-0.2, 0) is 4.79 Å². The maximum absolute atomic E-state index is 12.2. The Morgan fingerprint density at radius 1 is 1.20 bits per heavy atom. The van der Waals surface area contributed by atoms with Crippen molar-refractivity contribution >= 4 is 12.0 Å². The molecule has 25 heavy (non-hydrogen) atoms. The topological polar surface area (TPSA) is 70.7 Å². The molecule has 1 atom stereocenters. The standard InChI is InChI=1S/C20H20N4O/c1-2-17(23-19(25)11-10-15-7-6-12-21-13-15)20-22-14-18(24-20)16-8-4-3-5-9-16/h3-14,17H,2H2,1H3,(H,22,24)(H,23,25). The van der Waals surface area contributed by atoms with Crippen LogP contribution in [0.1, 0.15) is 30.8 Å². The maximum Gasteiger partial charge on any atom is 0.244 e. The van der Waals surface area contributed by atoms with Crippen LogP contribution < -0.4 is 5.32 Å². The average Bonchev–Trinajstić information content (AvgIpc) is 3.16. The first-order valence-corrected chi connectivity index (χ1v) is 8.25. The lowest BCUT2D eigenvalue weighted by Gasteiger charge is -2.13. The molecule has 2 heterocycles. The van der Waals surface area contributed by atoms with Gasteiger partial charge in [0.15, 0.2) is 0 Å². The summed E-state index contributed by atoms with van der Waals surface area (Å²) < 4.78 is 0. The lowest BCUT2D eigenvalue weighted by molar-refractivity contribution is -0.117. The molecule has 0 aliphatic carbocycles. The molecule has 1 unspecified atom stereocenters. The van der Waals surface area contributed by atoms with E-state index in [-0.39, 0.29) is 11.9 Å². The lowest BCUT2D eigenvalue weighted by atomic mass is 10.2. The van der Waals surface area contributed by atoms with Gasteiger partial charge in [0.1, 0.15) is 5.82 Å². The number of aromatic amines is 1. The molecule has 2 N–H and O–H groups in total. The molecule has 0 saturated carbocycles. The molecule has 126 valence electrons. The summed E-state index contributed by atoms with van der Waals surface area (Å²) in [5.74, 6) is 0.595. The first kappa shape index (κ1) is 16.6. The van der Waals surface area contributed by atoms with E-state index in [1.54, 1.807) is 24.7 Å². The molecule has 0 saturated heterocycles. The van der Waals surface area contributed by atoms with Gasteiger partial charge in [-0.15, -0.1) is 0 Å². The summed E-state index contributed by atoms with van der Waals surface area (Å²) in [6, 6.07) is 13.6. The van der Waals surface area contributed by atoms with E-state index in [1.165, 1.54) is 6.08 Å². The van der Waals surface area contributed by atoms with Gasteiger partial charge in [-0.3, -0.25) is 9.78 Å². The van der Waals surface area contributed by atoms with Gasteiger partial charge >= 0.3 is 0 Å². The number of carbonyl (C=O) groups is 1. The first-order valence-electron chi connectivity index (χ1n) is 8.25. The molecule has 3 aromatic rings. The fourth-order valence-electron chi connectivity index (χ4n) is 2.51. The Labute approximate surface area is 146 Å². The lowest BCUT2D eigenvalue weighted by Crippen LogP contribution is -2.27. The van der Waals surface area contributed by atoms with Gasteiger partial charge in [0.25, 0.3) is 0 Å². The molecule has 3 rings (SSSR count). The molecule has 0 aliphatic heterocycles. The number of imidazole rings is 1. The molecule has 5 heteroatoms. The summed E-state index contributed by atoms with van der Waals surface area (Å²) in [5.41, 5.74) is 2.89. The Balaban J connectivity index is 1.67. The Kier molecular flexibility index (Phi) is 5.36. The highest BCUT2D eigenvalue weighted by Crippen LogP contribution is 2.20. The number of nitrogens with zero attached hydrogens (tertiary/aromatic N) is 2. The summed E-state index contributed by atoms with van der Waals surface area (Å²) in [7, 11) is 0. The molecule has 1 aromatic carbocycles. The van der Waals surface area contributed by atoms with E-state index < -0.39 is 0 Å². The Morgan fingerprint density at radius 2 is 2.04 bits per heavy atom. The van der Waals surface area contributed by atoms with Crippen LogP contribution in [0.5, 0.6) is 0 Å². The van der Waals surface area contributed by atoms with Crippen molar-refractivity contribution in [3.05, 3.63) is 78.5 Å². The third-order valence-corrected chi connectivity index (χ3v) is 3.85. The van der Waals surface area contributed by atoms with Crippen LogP contribution in [0.4, 0.5) is 0 Å². The largest absolute Gasteiger partial charge is 0.343 e. The number of hydrogen-bond acceptors (Lipinski definition) is 3. The highest BCUT2D eigenvalue weighted by Gasteiger charge is 2.15. The van der Waals surface area contributed by atoms with Crippen LogP contribution in [0.15, 0.2) is 67.1 Å². The zero-order valence-electron chi connectivity index (χ0n) is 14.0. The summed E-state index contributed by atoms with van der Waals surface area (Å²) in [6.07, 6.45) is 9.21. The number of benzene rings is 1. The van der Waals surface area contributed by atoms with Gasteiger partial charge in [0.05, 0.1) is 17.9 Å². The Hall–Kier alpha value is -3.21. The number of aromatic nitrogens is 3. The number of hydrogen-bond donors (Lipinski definition) is 2. The molecular formula is C20H20N4O. The highest BCUT2D eigenvalue weighted by atomic mass is 16.1. The minimum absolute atomic E-state index is 0.159. The number of amides is 1.